The minimum atomic E-state index is 0.629. The van der Waals surface area contributed by atoms with Crippen LogP contribution < -0.4 is 4.90 Å². The molecule has 0 aliphatic carbocycles. The van der Waals surface area contributed by atoms with Crippen molar-refractivity contribution in [3.05, 3.63) is 133 Å². The number of imidazole rings is 1. The Hall–Kier alpha value is -5.62. The molecule has 0 N–H and O–H groups in total. The Labute approximate surface area is 243 Å². The van der Waals surface area contributed by atoms with E-state index in [-0.39, 0.29) is 0 Å². The molecule has 0 saturated heterocycles. The standard InChI is InChI=1S/C36H26N6/c1-2-32-37-28-19-12-20-30-33(28)42(32)29-22-21-26(23-31(29)41(30)27-17-10-5-11-18-27)36-39-34(24-13-6-3-7-14-24)38-35(40-36)25-15-8-4-9-16-25/h3-23H,2H2,1H3. The summed E-state index contributed by atoms with van der Waals surface area (Å²) in [5, 5.41) is 0. The summed E-state index contributed by atoms with van der Waals surface area (Å²) in [7, 11) is 0. The van der Waals surface area contributed by atoms with E-state index in [0.717, 1.165) is 62.7 Å². The smallest absolute Gasteiger partial charge is 0.164 e. The lowest BCUT2D eigenvalue weighted by Crippen LogP contribution is -2.19. The quantitative estimate of drug-likeness (QED) is 0.218. The van der Waals surface area contributed by atoms with E-state index in [9.17, 15) is 0 Å². The van der Waals surface area contributed by atoms with Crippen molar-refractivity contribution in [1.29, 1.82) is 0 Å². The molecule has 0 radical (unpaired) electrons. The summed E-state index contributed by atoms with van der Waals surface area (Å²) >= 11 is 0. The van der Waals surface area contributed by atoms with E-state index in [0.29, 0.717) is 17.5 Å². The highest BCUT2D eigenvalue weighted by molar-refractivity contribution is 6.02. The van der Waals surface area contributed by atoms with Crippen molar-refractivity contribution < 1.29 is 0 Å². The molecule has 0 fully saturated rings. The van der Waals surface area contributed by atoms with Crippen molar-refractivity contribution >= 4 is 28.1 Å². The number of aryl methyl sites for hydroxylation is 1. The second-order valence-electron chi connectivity index (χ2n) is 10.3. The van der Waals surface area contributed by atoms with Gasteiger partial charge in [0.1, 0.15) is 5.82 Å². The van der Waals surface area contributed by atoms with Gasteiger partial charge in [0, 0.05) is 28.8 Å². The molecule has 0 bridgehead atoms. The van der Waals surface area contributed by atoms with Gasteiger partial charge >= 0.3 is 0 Å². The molecule has 1 aliphatic heterocycles. The first-order valence-corrected chi connectivity index (χ1v) is 14.2. The second-order valence-corrected chi connectivity index (χ2v) is 10.3. The Morgan fingerprint density at radius 3 is 1.71 bits per heavy atom. The predicted octanol–water partition coefficient (Wildman–Crippen LogP) is 8.56. The number of benzene rings is 5. The van der Waals surface area contributed by atoms with Crippen LogP contribution in [-0.4, -0.2) is 24.5 Å². The molecule has 7 aromatic rings. The monoisotopic (exact) mass is 542 g/mol. The van der Waals surface area contributed by atoms with Crippen LogP contribution in [0.3, 0.4) is 0 Å². The lowest BCUT2D eigenvalue weighted by molar-refractivity contribution is 0.900. The predicted molar refractivity (Wildman–Crippen MR) is 168 cm³/mol. The summed E-state index contributed by atoms with van der Waals surface area (Å²) in [5.41, 5.74) is 9.25. The van der Waals surface area contributed by atoms with Gasteiger partial charge in [-0.25, -0.2) is 19.9 Å². The van der Waals surface area contributed by atoms with Gasteiger partial charge in [-0.1, -0.05) is 91.9 Å². The third-order valence-corrected chi connectivity index (χ3v) is 7.71. The van der Waals surface area contributed by atoms with E-state index >= 15 is 0 Å². The van der Waals surface area contributed by atoms with E-state index in [2.05, 4.69) is 77.1 Å². The maximum atomic E-state index is 5.00. The summed E-state index contributed by atoms with van der Waals surface area (Å²) < 4.78 is 2.31. The Balaban J connectivity index is 1.38. The van der Waals surface area contributed by atoms with Gasteiger partial charge in [0.25, 0.3) is 0 Å². The zero-order valence-electron chi connectivity index (χ0n) is 23.0. The highest BCUT2D eigenvalue weighted by Crippen LogP contribution is 2.48. The maximum Gasteiger partial charge on any atom is 0.164 e. The van der Waals surface area contributed by atoms with Crippen molar-refractivity contribution in [1.82, 2.24) is 24.5 Å². The van der Waals surface area contributed by atoms with Gasteiger partial charge in [-0.2, -0.15) is 0 Å². The molecule has 0 saturated carbocycles. The number of hydrogen-bond acceptors (Lipinski definition) is 5. The van der Waals surface area contributed by atoms with Crippen LogP contribution in [-0.2, 0) is 6.42 Å². The minimum absolute atomic E-state index is 0.629. The zero-order valence-corrected chi connectivity index (χ0v) is 23.0. The van der Waals surface area contributed by atoms with Gasteiger partial charge in [0.15, 0.2) is 17.5 Å². The number of nitrogens with zero attached hydrogens (tertiary/aromatic N) is 6. The van der Waals surface area contributed by atoms with E-state index in [1.54, 1.807) is 0 Å². The Kier molecular flexibility index (Phi) is 5.64. The maximum absolute atomic E-state index is 5.00. The van der Waals surface area contributed by atoms with Gasteiger partial charge in [0.2, 0.25) is 0 Å². The van der Waals surface area contributed by atoms with Crippen molar-refractivity contribution in [2.24, 2.45) is 0 Å². The lowest BCUT2D eigenvalue weighted by Gasteiger charge is -2.33. The fraction of sp³-hybridized carbons (Fsp3) is 0.0556. The number of fused-ring (bicyclic) bond motifs is 2. The van der Waals surface area contributed by atoms with E-state index in [4.69, 9.17) is 19.9 Å². The van der Waals surface area contributed by atoms with Crippen LogP contribution in [0.25, 0.3) is 50.9 Å². The van der Waals surface area contributed by atoms with Crippen LogP contribution >= 0.6 is 0 Å². The van der Waals surface area contributed by atoms with Crippen LogP contribution in [0.5, 0.6) is 0 Å². The molecule has 6 nitrogen and oxygen atoms in total. The molecule has 2 aromatic heterocycles. The van der Waals surface area contributed by atoms with Gasteiger partial charge in [-0.3, -0.25) is 4.57 Å². The minimum Gasteiger partial charge on any atom is -0.306 e. The molecule has 5 aromatic carbocycles. The number of rotatable bonds is 5. The van der Waals surface area contributed by atoms with Crippen molar-refractivity contribution in [2.75, 3.05) is 4.90 Å². The number of anilines is 3. The van der Waals surface area contributed by atoms with Crippen molar-refractivity contribution in [3.63, 3.8) is 0 Å². The van der Waals surface area contributed by atoms with Gasteiger partial charge < -0.3 is 4.90 Å². The molecule has 200 valence electrons. The third-order valence-electron chi connectivity index (χ3n) is 7.71. The average Bonchev–Trinajstić information content (AvgIpc) is 3.46. The molecule has 0 amide bonds. The third kappa shape index (κ3) is 3.88. The van der Waals surface area contributed by atoms with Crippen LogP contribution in [0.4, 0.5) is 17.1 Å². The Morgan fingerprint density at radius 1 is 0.500 bits per heavy atom. The number of para-hydroxylation sites is 2. The first kappa shape index (κ1) is 24.2. The summed E-state index contributed by atoms with van der Waals surface area (Å²) in [6.45, 7) is 2.16. The molecule has 3 heterocycles. The Morgan fingerprint density at radius 2 is 1.10 bits per heavy atom. The fourth-order valence-electron chi connectivity index (χ4n) is 5.79. The van der Waals surface area contributed by atoms with Gasteiger partial charge in [-0.05, 0) is 42.5 Å². The molecule has 0 atom stereocenters. The van der Waals surface area contributed by atoms with E-state index in [1.807, 2.05) is 66.7 Å². The lowest BCUT2D eigenvalue weighted by atomic mass is 10.1. The average molecular weight is 543 g/mol. The molecule has 42 heavy (non-hydrogen) atoms. The number of aromatic nitrogens is 5. The highest BCUT2D eigenvalue weighted by Gasteiger charge is 2.29. The SMILES string of the molecule is CCc1nc2cccc3c2n1-c1ccc(-c2nc(-c4ccccc4)nc(-c4ccccc4)n2)cc1N3c1ccccc1. The highest BCUT2D eigenvalue weighted by atomic mass is 15.2. The fourth-order valence-corrected chi connectivity index (χ4v) is 5.79. The molecule has 0 spiro atoms. The largest absolute Gasteiger partial charge is 0.306 e. The van der Waals surface area contributed by atoms with Crippen molar-refractivity contribution in [3.8, 4) is 39.9 Å². The normalized spacial score (nSPS) is 12.0. The van der Waals surface area contributed by atoms with Crippen molar-refractivity contribution in [2.45, 2.75) is 13.3 Å². The van der Waals surface area contributed by atoms with E-state index in [1.165, 1.54) is 0 Å². The second kappa shape index (κ2) is 9.78. The molecule has 8 rings (SSSR count). The summed E-state index contributed by atoms with van der Waals surface area (Å²) in [5.74, 6) is 2.96. The van der Waals surface area contributed by atoms with Gasteiger partial charge in [0.05, 0.1) is 28.1 Å². The molecule has 6 heteroatoms. The van der Waals surface area contributed by atoms with Gasteiger partial charge in [-0.15, -0.1) is 0 Å². The van der Waals surface area contributed by atoms with Crippen LogP contribution in [0.15, 0.2) is 127 Å². The molecular weight excluding hydrogens is 516 g/mol. The Bertz CT molecular complexity index is 2010. The molecule has 1 aliphatic rings. The first-order valence-electron chi connectivity index (χ1n) is 14.2. The first-order chi connectivity index (χ1) is 20.8. The van der Waals surface area contributed by atoms with Crippen LogP contribution in [0.2, 0.25) is 0 Å². The topological polar surface area (TPSA) is 59.7 Å². The van der Waals surface area contributed by atoms with Crippen LogP contribution in [0, 0.1) is 0 Å². The summed E-state index contributed by atoms with van der Waals surface area (Å²) in [6, 6.07) is 43.5. The summed E-state index contributed by atoms with van der Waals surface area (Å²) in [4.78, 5) is 22.2. The zero-order chi connectivity index (χ0) is 28.0. The number of hydrogen-bond donors (Lipinski definition) is 0. The molecular formula is C36H26N6. The molecule has 0 unspecified atom stereocenters. The van der Waals surface area contributed by atoms with E-state index < -0.39 is 0 Å². The van der Waals surface area contributed by atoms with Crippen LogP contribution in [0.1, 0.15) is 12.7 Å². The summed E-state index contributed by atoms with van der Waals surface area (Å²) in [6.07, 6.45) is 0.828.